The number of fused-ring (bicyclic) bond motifs is 1. The number of aromatic nitrogens is 3. The molecule has 0 spiro atoms. The van der Waals surface area contributed by atoms with Crippen LogP contribution < -0.4 is 15.0 Å². The maximum atomic E-state index is 12.5. The number of carbonyl (C=O) groups excluding carboxylic acids is 1. The third kappa shape index (κ3) is 3.18. The molecule has 1 saturated carbocycles. The van der Waals surface area contributed by atoms with Crippen LogP contribution in [0.4, 0.5) is 5.95 Å². The van der Waals surface area contributed by atoms with Crippen molar-refractivity contribution in [3.8, 4) is 5.88 Å². The van der Waals surface area contributed by atoms with Gasteiger partial charge in [-0.15, -0.1) is 11.3 Å². The summed E-state index contributed by atoms with van der Waals surface area (Å²) in [7, 11) is 1.61. The van der Waals surface area contributed by atoms with Crippen molar-refractivity contribution in [3.63, 3.8) is 0 Å². The molecule has 1 N–H and O–H groups in total. The van der Waals surface area contributed by atoms with Crippen LogP contribution in [0, 0.1) is 5.92 Å². The van der Waals surface area contributed by atoms with Gasteiger partial charge in [0.2, 0.25) is 11.8 Å². The summed E-state index contributed by atoms with van der Waals surface area (Å²) in [6, 6.07) is 2.23. The largest absolute Gasteiger partial charge is 0.481 e. The number of thiazole rings is 1. The molecule has 1 aliphatic carbocycles. The minimum atomic E-state index is -0.0368. The highest BCUT2D eigenvalue weighted by atomic mass is 32.1. The van der Waals surface area contributed by atoms with E-state index < -0.39 is 0 Å². The molecule has 0 radical (unpaired) electrons. The van der Waals surface area contributed by atoms with Crippen LogP contribution in [0.2, 0.25) is 0 Å². The van der Waals surface area contributed by atoms with Crippen LogP contribution in [0.3, 0.4) is 0 Å². The third-order valence-corrected chi connectivity index (χ3v) is 5.92. The van der Waals surface area contributed by atoms with Gasteiger partial charge in [0.1, 0.15) is 4.88 Å². The van der Waals surface area contributed by atoms with Crippen LogP contribution >= 0.6 is 11.3 Å². The van der Waals surface area contributed by atoms with Crippen molar-refractivity contribution in [3.05, 3.63) is 28.8 Å². The monoisotopic (exact) mass is 359 g/mol. The van der Waals surface area contributed by atoms with Gasteiger partial charge in [0.05, 0.1) is 24.9 Å². The van der Waals surface area contributed by atoms with Gasteiger partial charge in [0.15, 0.2) is 0 Å². The number of ether oxygens (including phenoxy) is 1. The number of methoxy groups -OCH3 is 1. The molecule has 0 aromatic carbocycles. The van der Waals surface area contributed by atoms with E-state index in [4.69, 9.17) is 4.74 Å². The summed E-state index contributed by atoms with van der Waals surface area (Å²) >= 11 is 1.37. The van der Waals surface area contributed by atoms with E-state index in [1.807, 2.05) is 0 Å². The average Bonchev–Trinajstić information content (AvgIpc) is 3.31. The van der Waals surface area contributed by atoms with Crippen molar-refractivity contribution in [2.24, 2.45) is 5.92 Å². The predicted molar refractivity (Wildman–Crippen MR) is 95.0 cm³/mol. The van der Waals surface area contributed by atoms with Gasteiger partial charge in [-0.25, -0.2) is 4.98 Å². The van der Waals surface area contributed by atoms with E-state index in [0.29, 0.717) is 28.7 Å². The maximum absolute atomic E-state index is 12.5. The zero-order chi connectivity index (χ0) is 17.2. The van der Waals surface area contributed by atoms with Gasteiger partial charge in [-0.05, 0) is 12.8 Å². The van der Waals surface area contributed by atoms with Crippen molar-refractivity contribution in [1.29, 1.82) is 0 Å². The van der Waals surface area contributed by atoms with Crippen LogP contribution in [-0.2, 0) is 0 Å². The Morgan fingerprint density at radius 3 is 3.08 bits per heavy atom. The van der Waals surface area contributed by atoms with E-state index in [1.165, 1.54) is 24.2 Å². The molecule has 2 aromatic heterocycles. The van der Waals surface area contributed by atoms with Gasteiger partial charge in [-0.2, -0.15) is 4.98 Å². The minimum Gasteiger partial charge on any atom is -0.481 e. The molecule has 1 saturated heterocycles. The second kappa shape index (κ2) is 6.95. The lowest BCUT2D eigenvalue weighted by atomic mass is 9.83. The number of rotatable bonds is 4. The highest BCUT2D eigenvalue weighted by Crippen LogP contribution is 2.38. The third-order valence-electron chi connectivity index (χ3n) is 5.15. The van der Waals surface area contributed by atoms with Gasteiger partial charge in [-0.1, -0.05) is 12.8 Å². The van der Waals surface area contributed by atoms with Gasteiger partial charge >= 0.3 is 0 Å². The molecule has 0 bridgehead atoms. The molecule has 1 amide bonds. The molecule has 2 aliphatic rings. The second-order valence-corrected chi connectivity index (χ2v) is 7.40. The fraction of sp³-hybridized carbons (Fsp3) is 0.529. The molecule has 132 valence electrons. The average molecular weight is 359 g/mol. The SMILES string of the molecule is COc1ccnc(N2CC(NC(=O)c3cncs3)C3CCCCC32)n1. The van der Waals surface area contributed by atoms with E-state index in [2.05, 4.69) is 25.2 Å². The zero-order valence-corrected chi connectivity index (χ0v) is 14.9. The number of carbonyl (C=O) groups is 1. The highest BCUT2D eigenvalue weighted by Gasteiger charge is 2.44. The van der Waals surface area contributed by atoms with Crippen LogP contribution in [0.1, 0.15) is 35.4 Å². The first kappa shape index (κ1) is 16.3. The van der Waals surface area contributed by atoms with Crippen molar-refractivity contribution in [2.75, 3.05) is 18.6 Å². The molecule has 4 rings (SSSR count). The molecule has 2 aromatic rings. The second-order valence-electron chi connectivity index (χ2n) is 6.51. The van der Waals surface area contributed by atoms with Gasteiger partial charge < -0.3 is 15.0 Å². The smallest absolute Gasteiger partial charge is 0.263 e. The minimum absolute atomic E-state index is 0.0368. The number of amides is 1. The lowest BCUT2D eigenvalue weighted by molar-refractivity contribution is 0.0929. The Hall–Kier alpha value is -2.22. The van der Waals surface area contributed by atoms with Crippen LogP contribution in [0.5, 0.6) is 5.88 Å². The lowest BCUT2D eigenvalue weighted by Gasteiger charge is -2.32. The number of nitrogens with one attached hydrogen (secondary N) is 1. The molecule has 3 unspecified atom stereocenters. The molecule has 1 aliphatic heterocycles. The van der Waals surface area contributed by atoms with Gasteiger partial charge in [-0.3, -0.25) is 9.78 Å². The fourth-order valence-corrected chi connectivity index (χ4v) is 4.54. The van der Waals surface area contributed by atoms with Crippen LogP contribution in [0.15, 0.2) is 24.0 Å². The zero-order valence-electron chi connectivity index (χ0n) is 14.1. The summed E-state index contributed by atoms with van der Waals surface area (Å²) in [6.45, 7) is 0.729. The molecule has 2 fully saturated rings. The molecular formula is C17H21N5O2S. The summed E-state index contributed by atoms with van der Waals surface area (Å²) in [5, 5.41) is 3.21. The standard InChI is InChI=1S/C17H21N5O2S/c1-24-15-6-7-19-17(21-15)22-9-12(11-4-2-3-5-13(11)22)20-16(23)14-8-18-10-25-14/h6-8,10-13H,2-5,9H2,1H3,(H,20,23). The first-order valence-electron chi connectivity index (χ1n) is 8.59. The van der Waals surface area contributed by atoms with Gasteiger partial charge in [0.25, 0.3) is 5.91 Å². The Morgan fingerprint density at radius 2 is 2.28 bits per heavy atom. The molecule has 7 nitrogen and oxygen atoms in total. The van der Waals surface area contributed by atoms with Crippen molar-refractivity contribution < 1.29 is 9.53 Å². The first-order valence-corrected chi connectivity index (χ1v) is 9.47. The summed E-state index contributed by atoms with van der Waals surface area (Å²) in [5.41, 5.74) is 1.68. The van der Waals surface area contributed by atoms with Crippen molar-refractivity contribution in [2.45, 2.75) is 37.8 Å². The predicted octanol–water partition coefficient (Wildman–Crippen LogP) is 2.12. The van der Waals surface area contributed by atoms with E-state index in [-0.39, 0.29) is 11.9 Å². The molecule has 3 atom stereocenters. The first-order chi connectivity index (χ1) is 12.3. The number of nitrogens with zero attached hydrogens (tertiary/aromatic N) is 4. The molecule has 3 heterocycles. The van der Waals surface area contributed by atoms with Crippen LogP contribution in [-0.4, -0.2) is 46.6 Å². The Kier molecular flexibility index (Phi) is 4.52. The van der Waals surface area contributed by atoms with E-state index >= 15 is 0 Å². The summed E-state index contributed by atoms with van der Waals surface area (Å²) in [5.74, 6) is 1.64. The number of anilines is 1. The maximum Gasteiger partial charge on any atom is 0.263 e. The summed E-state index contributed by atoms with van der Waals surface area (Å²) < 4.78 is 5.24. The van der Waals surface area contributed by atoms with Crippen molar-refractivity contribution >= 4 is 23.2 Å². The normalized spacial score (nSPS) is 25.5. The highest BCUT2D eigenvalue weighted by molar-refractivity contribution is 7.11. The Bertz CT molecular complexity index is 738. The lowest BCUT2D eigenvalue weighted by Crippen LogP contribution is -2.41. The van der Waals surface area contributed by atoms with Crippen molar-refractivity contribution in [1.82, 2.24) is 20.3 Å². The molecular weight excluding hydrogens is 338 g/mol. The Labute approximate surface area is 150 Å². The number of hydrogen-bond donors (Lipinski definition) is 1. The molecule has 8 heteroatoms. The Morgan fingerprint density at radius 1 is 1.40 bits per heavy atom. The summed E-state index contributed by atoms with van der Waals surface area (Å²) in [4.78, 5) is 28.3. The van der Waals surface area contributed by atoms with Crippen LogP contribution in [0.25, 0.3) is 0 Å². The van der Waals surface area contributed by atoms with E-state index in [9.17, 15) is 4.79 Å². The topological polar surface area (TPSA) is 80.2 Å². The fourth-order valence-electron chi connectivity index (χ4n) is 4.01. The van der Waals surface area contributed by atoms with E-state index in [1.54, 1.807) is 31.1 Å². The summed E-state index contributed by atoms with van der Waals surface area (Å²) in [6.07, 6.45) is 7.99. The van der Waals surface area contributed by atoms with Gasteiger partial charge in [0, 0.05) is 30.8 Å². The Balaban J connectivity index is 1.56. The quantitative estimate of drug-likeness (QED) is 0.901. The molecule has 25 heavy (non-hydrogen) atoms. The number of hydrogen-bond acceptors (Lipinski definition) is 7. The van der Waals surface area contributed by atoms with E-state index in [0.717, 1.165) is 19.4 Å².